The third-order valence-electron chi connectivity index (χ3n) is 2.23. The van der Waals surface area contributed by atoms with Gasteiger partial charge in [0.15, 0.2) is 5.69 Å². The lowest BCUT2D eigenvalue weighted by Crippen LogP contribution is -2.01. The SMILES string of the molecule is CNc1sc(-c2c(F)cccc2F)nc1C(=O)O. The van der Waals surface area contributed by atoms with Gasteiger partial charge in [-0.15, -0.1) is 0 Å². The minimum absolute atomic E-state index is 0.00708. The zero-order valence-corrected chi connectivity index (χ0v) is 10.0. The van der Waals surface area contributed by atoms with Crippen LogP contribution >= 0.6 is 11.3 Å². The van der Waals surface area contributed by atoms with E-state index in [1.165, 1.54) is 13.1 Å². The molecule has 2 N–H and O–H groups in total. The summed E-state index contributed by atoms with van der Waals surface area (Å²) in [5.41, 5.74) is -0.563. The first-order chi connectivity index (χ1) is 8.54. The van der Waals surface area contributed by atoms with Gasteiger partial charge in [0, 0.05) is 7.05 Å². The number of hydrogen-bond donors (Lipinski definition) is 2. The molecule has 0 bridgehead atoms. The molecule has 0 aliphatic rings. The third-order valence-corrected chi connectivity index (χ3v) is 3.32. The molecule has 0 radical (unpaired) electrons. The molecule has 1 heterocycles. The van der Waals surface area contributed by atoms with E-state index < -0.39 is 17.6 Å². The van der Waals surface area contributed by atoms with Crippen molar-refractivity contribution in [3.05, 3.63) is 35.5 Å². The lowest BCUT2D eigenvalue weighted by molar-refractivity contribution is 0.0692. The second-order valence-electron chi connectivity index (χ2n) is 3.35. The molecular weight excluding hydrogens is 262 g/mol. The zero-order valence-electron chi connectivity index (χ0n) is 9.20. The monoisotopic (exact) mass is 270 g/mol. The van der Waals surface area contributed by atoms with Crippen molar-refractivity contribution < 1.29 is 18.7 Å². The summed E-state index contributed by atoms with van der Waals surface area (Å²) in [5, 5.41) is 11.8. The average Bonchev–Trinajstić information content (AvgIpc) is 2.73. The van der Waals surface area contributed by atoms with Crippen LogP contribution in [0.25, 0.3) is 10.6 Å². The van der Waals surface area contributed by atoms with Crippen molar-refractivity contribution in [1.82, 2.24) is 4.98 Å². The fourth-order valence-corrected chi connectivity index (χ4v) is 2.40. The molecule has 4 nitrogen and oxygen atoms in total. The molecule has 7 heteroatoms. The molecule has 0 fully saturated rings. The molecule has 0 atom stereocenters. The Morgan fingerprint density at radius 1 is 1.39 bits per heavy atom. The van der Waals surface area contributed by atoms with Crippen LogP contribution in [0.2, 0.25) is 0 Å². The number of hydrogen-bond acceptors (Lipinski definition) is 4. The molecule has 94 valence electrons. The first kappa shape index (κ1) is 12.4. The number of carboxylic acids is 1. The Balaban J connectivity index is 2.62. The van der Waals surface area contributed by atoms with Crippen LogP contribution in [-0.2, 0) is 0 Å². The number of aromatic nitrogens is 1. The summed E-state index contributed by atoms with van der Waals surface area (Å²) in [6, 6.07) is 3.43. The van der Waals surface area contributed by atoms with E-state index >= 15 is 0 Å². The van der Waals surface area contributed by atoms with Gasteiger partial charge in [-0.3, -0.25) is 0 Å². The molecule has 0 saturated carbocycles. The first-order valence-corrected chi connectivity index (χ1v) is 5.72. The highest BCUT2D eigenvalue weighted by Gasteiger charge is 2.21. The Kier molecular flexibility index (Phi) is 3.24. The molecule has 0 aliphatic carbocycles. The maximum Gasteiger partial charge on any atom is 0.357 e. The second kappa shape index (κ2) is 4.69. The summed E-state index contributed by atoms with van der Waals surface area (Å²) < 4.78 is 27.1. The number of nitrogens with one attached hydrogen (secondary N) is 1. The number of carbonyl (C=O) groups is 1. The number of nitrogens with zero attached hydrogens (tertiary/aromatic N) is 1. The summed E-state index contributed by atoms with van der Waals surface area (Å²) in [6.45, 7) is 0. The number of halogens is 2. The van der Waals surface area contributed by atoms with E-state index in [0.29, 0.717) is 0 Å². The largest absolute Gasteiger partial charge is 0.476 e. The third kappa shape index (κ3) is 2.04. The molecule has 2 aromatic rings. The minimum atomic E-state index is -1.25. The molecule has 1 aromatic carbocycles. The predicted octanol–water partition coefficient (Wildman–Crippen LogP) is 2.83. The quantitative estimate of drug-likeness (QED) is 0.900. The van der Waals surface area contributed by atoms with Crippen molar-refractivity contribution in [1.29, 1.82) is 0 Å². The molecule has 0 amide bonds. The van der Waals surface area contributed by atoms with Gasteiger partial charge < -0.3 is 10.4 Å². The number of carboxylic acid groups (broad SMARTS) is 1. The number of rotatable bonds is 3. The Hall–Kier alpha value is -2.02. The molecule has 0 spiro atoms. The predicted molar refractivity (Wildman–Crippen MR) is 64.0 cm³/mol. The van der Waals surface area contributed by atoms with Gasteiger partial charge in [-0.1, -0.05) is 17.4 Å². The van der Waals surface area contributed by atoms with Gasteiger partial charge in [-0.05, 0) is 12.1 Å². The lowest BCUT2D eigenvalue weighted by Gasteiger charge is -1.99. The maximum atomic E-state index is 13.5. The molecule has 0 saturated heterocycles. The summed E-state index contributed by atoms with van der Waals surface area (Å²) in [4.78, 5) is 14.7. The van der Waals surface area contributed by atoms with E-state index in [0.717, 1.165) is 23.5 Å². The number of thiazole rings is 1. The Morgan fingerprint density at radius 2 is 2.00 bits per heavy atom. The second-order valence-corrected chi connectivity index (χ2v) is 4.35. The van der Waals surface area contributed by atoms with Crippen molar-refractivity contribution in [3.63, 3.8) is 0 Å². The summed E-state index contributed by atoms with van der Waals surface area (Å²) in [7, 11) is 1.52. The van der Waals surface area contributed by atoms with Crippen molar-refractivity contribution >= 4 is 22.3 Å². The van der Waals surface area contributed by atoms with E-state index in [4.69, 9.17) is 5.11 Å². The molecule has 0 unspecified atom stereocenters. The van der Waals surface area contributed by atoms with Crippen LogP contribution in [0.3, 0.4) is 0 Å². The van der Waals surface area contributed by atoms with Gasteiger partial charge in [0.05, 0.1) is 5.56 Å². The Morgan fingerprint density at radius 3 is 2.44 bits per heavy atom. The van der Waals surface area contributed by atoms with E-state index in [-0.39, 0.29) is 21.3 Å². The lowest BCUT2D eigenvalue weighted by atomic mass is 10.2. The smallest absolute Gasteiger partial charge is 0.357 e. The number of anilines is 1. The normalized spacial score (nSPS) is 10.4. The standard InChI is InChI=1S/C11H8F2N2O2S/c1-14-10-8(11(16)17)15-9(18-10)7-5(12)3-2-4-6(7)13/h2-4,14H,1H3,(H,16,17). The number of aromatic carboxylic acids is 1. The average molecular weight is 270 g/mol. The van der Waals surface area contributed by atoms with Crippen LogP contribution in [-0.4, -0.2) is 23.1 Å². The molecule has 1 aromatic heterocycles. The molecular formula is C11H8F2N2O2S. The van der Waals surface area contributed by atoms with Gasteiger partial charge in [-0.25, -0.2) is 18.6 Å². The van der Waals surface area contributed by atoms with Crippen molar-refractivity contribution in [3.8, 4) is 10.6 Å². The van der Waals surface area contributed by atoms with E-state index in [1.54, 1.807) is 0 Å². The van der Waals surface area contributed by atoms with Crippen LogP contribution in [0, 0.1) is 11.6 Å². The Labute approximate surface area is 105 Å². The van der Waals surface area contributed by atoms with Crippen LogP contribution in [0.1, 0.15) is 10.5 Å². The van der Waals surface area contributed by atoms with E-state index in [9.17, 15) is 13.6 Å². The minimum Gasteiger partial charge on any atom is -0.476 e. The van der Waals surface area contributed by atoms with Crippen molar-refractivity contribution in [2.45, 2.75) is 0 Å². The number of benzene rings is 1. The summed E-state index contributed by atoms with van der Waals surface area (Å²) in [5.74, 6) is -2.80. The van der Waals surface area contributed by atoms with Gasteiger partial charge in [0.1, 0.15) is 21.6 Å². The molecule has 0 aliphatic heterocycles. The summed E-state index contributed by atoms with van der Waals surface area (Å²) in [6.07, 6.45) is 0. The molecule has 2 rings (SSSR count). The first-order valence-electron chi connectivity index (χ1n) is 4.91. The van der Waals surface area contributed by atoms with Gasteiger partial charge >= 0.3 is 5.97 Å². The topological polar surface area (TPSA) is 62.2 Å². The van der Waals surface area contributed by atoms with Gasteiger partial charge in [-0.2, -0.15) is 0 Å². The fourth-order valence-electron chi connectivity index (χ4n) is 1.44. The van der Waals surface area contributed by atoms with Crippen LogP contribution < -0.4 is 5.32 Å². The van der Waals surface area contributed by atoms with Crippen LogP contribution in [0.15, 0.2) is 18.2 Å². The highest BCUT2D eigenvalue weighted by molar-refractivity contribution is 7.19. The van der Waals surface area contributed by atoms with Crippen LogP contribution in [0.4, 0.5) is 13.8 Å². The maximum absolute atomic E-state index is 13.5. The Bertz CT molecular complexity index is 593. The fraction of sp³-hybridized carbons (Fsp3) is 0.0909. The van der Waals surface area contributed by atoms with Crippen molar-refractivity contribution in [2.24, 2.45) is 0 Å². The van der Waals surface area contributed by atoms with Crippen LogP contribution in [0.5, 0.6) is 0 Å². The van der Waals surface area contributed by atoms with E-state index in [2.05, 4.69) is 10.3 Å². The van der Waals surface area contributed by atoms with Gasteiger partial charge in [0.2, 0.25) is 0 Å². The van der Waals surface area contributed by atoms with E-state index in [1.807, 2.05) is 0 Å². The van der Waals surface area contributed by atoms with Crippen molar-refractivity contribution in [2.75, 3.05) is 12.4 Å². The van der Waals surface area contributed by atoms with Gasteiger partial charge in [0.25, 0.3) is 0 Å². The zero-order chi connectivity index (χ0) is 13.3. The summed E-state index contributed by atoms with van der Waals surface area (Å²) >= 11 is 0.886. The highest BCUT2D eigenvalue weighted by Crippen LogP contribution is 2.34. The molecule has 18 heavy (non-hydrogen) atoms. The highest BCUT2D eigenvalue weighted by atomic mass is 32.1.